The lowest BCUT2D eigenvalue weighted by atomic mass is 10.0. The second-order valence-corrected chi connectivity index (χ2v) is 5.97. The summed E-state index contributed by atoms with van der Waals surface area (Å²) < 4.78 is 5.68. The Morgan fingerprint density at radius 3 is 2.90 bits per heavy atom. The van der Waals surface area contributed by atoms with Crippen molar-refractivity contribution >= 4 is 11.8 Å². The van der Waals surface area contributed by atoms with Gasteiger partial charge in [-0.25, -0.2) is 0 Å². The summed E-state index contributed by atoms with van der Waals surface area (Å²) in [7, 11) is 2.03. The average Bonchev–Trinajstić information content (AvgIpc) is 2.90. The van der Waals surface area contributed by atoms with Crippen LogP contribution in [-0.2, 0) is 14.3 Å². The molecular formula is C15H25N3O3. The molecule has 2 N–H and O–H groups in total. The van der Waals surface area contributed by atoms with E-state index in [2.05, 4.69) is 17.1 Å². The van der Waals surface area contributed by atoms with E-state index in [1.165, 1.54) is 0 Å². The van der Waals surface area contributed by atoms with Crippen LogP contribution in [0.25, 0.3) is 0 Å². The average molecular weight is 295 g/mol. The van der Waals surface area contributed by atoms with E-state index in [0.29, 0.717) is 25.5 Å². The van der Waals surface area contributed by atoms with Gasteiger partial charge in [0.1, 0.15) is 0 Å². The number of hydrogen-bond donors (Lipinski definition) is 1. The maximum absolute atomic E-state index is 12.4. The molecule has 2 unspecified atom stereocenters. The number of hydrogen-bond acceptors (Lipinski definition) is 4. The fourth-order valence-electron chi connectivity index (χ4n) is 2.88. The molecule has 1 fully saturated rings. The Morgan fingerprint density at radius 1 is 1.48 bits per heavy atom. The van der Waals surface area contributed by atoms with E-state index in [4.69, 9.17) is 10.5 Å². The number of carbonyl (C=O) groups excluding carboxylic acids is 2. The van der Waals surface area contributed by atoms with Crippen molar-refractivity contribution < 1.29 is 14.3 Å². The van der Waals surface area contributed by atoms with Crippen molar-refractivity contribution in [3.63, 3.8) is 0 Å². The maximum Gasteiger partial charge on any atom is 0.237 e. The zero-order valence-corrected chi connectivity index (χ0v) is 12.7. The standard InChI is InChI=1S/C15H25N3O3/c1-17-6-7-21-13(9-17)10-18(11-14(16)19)15(20)8-12-4-2-3-5-12/h2,4,12-13H,3,5-11H2,1H3,(H2,16,19). The van der Waals surface area contributed by atoms with Gasteiger partial charge in [0.15, 0.2) is 0 Å². The van der Waals surface area contributed by atoms with E-state index in [-0.39, 0.29) is 18.6 Å². The molecule has 6 heteroatoms. The minimum Gasteiger partial charge on any atom is -0.374 e. The molecule has 0 bridgehead atoms. The zero-order chi connectivity index (χ0) is 15.2. The molecule has 0 radical (unpaired) electrons. The Morgan fingerprint density at radius 2 is 2.29 bits per heavy atom. The number of primary amides is 1. The highest BCUT2D eigenvalue weighted by Gasteiger charge is 2.26. The zero-order valence-electron chi connectivity index (χ0n) is 12.7. The summed E-state index contributed by atoms with van der Waals surface area (Å²) in [5.74, 6) is -0.195. The number of amides is 2. The summed E-state index contributed by atoms with van der Waals surface area (Å²) in [6.07, 6.45) is 6.64. The number of nitrogens with two attached hydrogens (primary N) is 1. The van der Waals surface area contributed by atoms with Crippen LogP contribution in [0.1, 0.15) is 19.3 Å². The third kappa shape index (κ3) is 5.13. The van der Waals surface area contributed by atoms with Crippen molar-refractivity contribution in [3.05, 3.63) is 12.2 Å². The maximum atomic E-state index is 12.4. The Bertz CT molecular complexity index is 411. The quantitative estimate of drug-likeness (QED) is 0.699. The van der Waals surface area contributed by atoms with Gasteiger partial charge in [0, 0.05) is 26.1 Å². The Kier molecular flexibility index (Phi) is 5.76. The second-order valence-electron chi connectivity index (χ2n) is 5.97. The lowest BCUT2D eigenvalue weighted by molar-refractivity contribution is -0.138. The first-order valence-electron chi connectivity index (χ1n) is 7.57. The van der Waals surface area contributed by atoms with Gasteiger partial charge in [-0.15, -0.1) is 0 Å². The summed E-state index contributed by atoms with van der Waals surface area (Å²) in [6.45, 7) is 2.73. The van der Waals surface area contributed by atoms with Gasteiger partial charge in [0.25, 0.3) is 0 Å². The molecule has 0 aromatic carbocycles. The van der Waals surface area contributed by atoms with Gasteiger partial charge in [0.05, 0.1) is 19.3 Å². The molecule has 0 aromatic rings. The van der Waals surface area contributed by atoms with E-state index in [1.54, 1.807) is 4.90 Å². The third-order valence-corrected chi connectivity index (χ3v) is 4.01. The van der Waals surface area contributed by atoms with E-state index in [1.807, 2.05) is 7.05 Å². The van der Waals surface area contributed by atoms with Gasteiger partial charge in [-0.05, 0) is 25.8 Å². The number of morpholine rings is 1. The molecule has 2 rings (SSSR count). The molecule has 2 atom stereocenters. The smallest absolute Gasteiger partial charge is 0.237 e. The summed E-state index contributed by atoms with van der Waals surface area (Å²) in [6, 6.07) is 0. The van der Waals surface area contributed by atoms with Gasteiger partial charge in [-0.1, -0.05) is 12.2 Å². The molecule has 1 aliphatic carbocycles. The van der Waals surface area contributed by atoms with Crippen LogP contribution < -0.4 is 5.73 Å². The van der Waals surface area contributed by atoms with Crippen LogP contribution in [-0.4, -0.2) is 67.6 Å². The number of allylic oxidation sites excluding steroid dienone is 2. The lowest BCUT2D eigenvalue weighted by Crippen LogP contribution is -2.49. The van der Waals surface area contributed by atoms with Crippen LogP contribution in [0.5, 0.6) is 0 Å². The lowest BCUT2D eigenvalue weighted by Gasteiger charge is -2.33. The Labute approximate surface area is 125 Å². The normalized spacial score (nSPS) is 26.0. The highest BCUT2D eigenvalue weighted by molar-refractivity contribution is 5.84. The predicted molar refractivity (Wildman–Crippen MR) is 79.5 cm³/mol. The topological polar surface area (TPSA) is 75.9 Å². The van der Waals surface area contributed by atoms with Crippen molar-refractivity contribution in [3.8, 4) is 0 Å². The van der Waals surface area contributed by atoms with Crippen LogP contribution in [0.2, 0.25) is 0 Å². The highest BCUT2D eigenvalue weighted by atomic mass is 16.5. The number of likely N-dealkylation sites (N-methyl/N-ethyl adjacent to an activating group) is 1. The van der Waals surface area contributed by atoms with Gasteiger partial charge in [-0.2, -0.15) is 0 Å². The largest absolute Gasteiger partial charge is 0.374 e. The van der Waals surface area contributed by atoms with E-state index < -0.39 is 5.91 Å². The molecular weight excluding hydrogens is 270 g/mol. The molecule has 118 valence electrons. The van der Waals surface area contributed by atoms with E-state index in [0.717, 1.165) is 25.9 Å². The van der Waals surface area contributed by atoms with Gasteiger partial charge >= 0.3 is 0 Å². The number of rotatable bonds is 6. The molecule has 2 aliphatic rings. The molecule has 0 saturated carbocycles. The molecule has 1 aliphatic heterocycles. The van der Waals surface area contributed by atoms with Crippen LogP contribution >= 0.6 is 0 Å². The molecule has 21 heavy (non-hydrogen) atoms. The second kappa shape index (κ2) is 7.56. The van der Waals surface area contributed by atoms with Crippen molar-refractivity contribution in [2.45, 2.75) is 25.4 Å². The molecule has 0 spiro atoms. The van der Waals surface area contributed by atoms with Crippen molar-refractivity contribution in [1.29, 1.82) is 0 Å². The van der Waals surface area contributed by atoms with Crippen molar-refractivity contribution in [1.82, 2.24) is 9.80 Å². The van der Waals surface area contributed by atoms with Crippen molar-refractivity contribution in [2.24, 2.45) is 11.7 Å². The molecule has 1 saturated heterocycles. The number of nitrogens with zero attached hydrogens (tertiary/aromatic N) is 2. The first-order chi connectivity index (χ1) is 10.0. The Balaban J connectivity index is 1.90. The SMILES string of the molecule is CN1CCOC(CN(CC(N)=O)C(=O)CC2C=CCC2)C1. The minimum absolute atomic E-state index is 0.0119. The van der Waals surface area contributed by atoms with Crippen LogP contribution in [0.3, 0.4) is 0 Å². The van der Waals surface area contributed by atoms with Crippen LogP contribution in [0, 0.1) is 5.92 Å². The summed E-state index contributed by atoms with van der Waals surface area (Å²) >= 11 is 0. The first-order valence-corrected chi connectivity index (χ1v) is 7.57. The minimum atomic E-state index is -0.477. The van der Waals surface area contributed by atoms with E-state index >= 15 is 0 Å². The number of carbonyl (C=O) groups is 2. The molecule has 6 nitrogen and oxygen atoms in total. The van der Waals surface area contributed by atoms with E-state index in [9.17, 15) is 9.59 Å². The van der Waals surface area contributed by atoms with Gasteiger partial charge < -0.3 is 20.3 Å². The third-order valence-electron chi connectivity index (χ3n) is 4.01. The van der Waals surface area contributed by atoms with Crippen LogP contribution in [0.15, 0.2) is 12.2 Å². The molecule has 0 aromatic heterocycles. The summed E-state index contributed by atoms with van der Waals surface area (Å²) in [5, 5.41) is 0. The first kappa shape index (κ1) is 16.0. The monoisotopic (exact) mass is 295 g/mol. The summed E-state index contributed by atoms with van der Waals surface area (Å²) in [5.41, 5.74) is 5.27. The van der Waals surface area contributed by atoms with Crippen molar-refractivity contribution in [2.75, 3.05) is 39.8 Å². The highest BCUT2D eigenvalue weighted by Crippen LogP contribution is 2.21. The number of ether oxygens (including phenoxy) is 1. The Hall–Kier alpha value is -1.40. The molecule has 2 amide bonds. The summed E-state index contributed by atoms with van der Waals surface area (Å²) in [4.78, 5) is 27.3. The van der Waals surface area contributed by atoms with Gasteiger partial charge in [0.2, 0.25) is 11.8 Å². The fourth-order valence-corrected chi connectivity index (χ4v) is 2.88. The van der Waals surface area contributed by atoms with Gasteiger partial charge in [-0.3, -0.25) is 9.59 Å². The van der Waals surface area contributed by atoms with Crippen LogP contribution in [0.4, 0.5) is 0 Å². The fraction of sp³-hybridized carbons (Fsp3) is 0.733. The molecule has 1 heterocycles. The predicted octanol–water partition coefficient (Wildman–Crippen LogP) is -0.0128.